The lowest BCUT2D eigenvalue weighted by molar-refractivity contribution is -0.134. The Kier molecular flexibility index (Phi) is 4.98. The van der Waals surface area contributed by atoms with Gasteiger partial charge in [0, 0.05) is 12.2 Å². The lowest BCUT2D eigenvalue weighted by atomic mass is 9.98. The zero-order valence-electron chi connectivity index (χ0n) is 11.6. The summed E-state index contributed by atoms with van der Waals surface area (Å²) in [5.74, 6) is -0.235. The second-order valence-electron chi connectivity index (χ2n) is 4.85. The second kappa shape index (κ2) is 6.93. The molecule has 108 valence electrons. The van der Waals surface area contributed by atoms with Crippen molar-refractivity contribution in [1.29, 1.82) is 0 Å². The maximum atomic E-state index is 12.0. The van der Waals surface area contributed by atoms with Crippen molar-refractivity contribution in [3.8, 4) is 5.75 Å². The van der Waals surface area contributed by atoms with E-state index in [0.717, 1.165) is 18.6 Å². The summed E-state index contributed by atoms with van der Waals surface area (Å²) < 4.78 is 5.47. The molecule has 0 unspecified atom stereocenters. The molecule has 5 nitrogen and oxygen atoms in total. The highest BCUT2D eigenvalue weighted by molar-refractivity contribution is 6.06. The Morgan fingerprint density at radius 1 is 1.40 bits per heavy atom. The summed E-state index contributed by atoms with van der Waals surface area (Å²) in [6.07, 6.45) is 2.40. The average molecular weight is 276 g/mol. The molecule has 0 saturated carbocycles. The van der Waals surface area contributed by atoms with Gasteiger partial charge in [0.1, 0.15) is 11.7 Å². The number of carbonyl (C=O) groups excluding carboxylic acids is 2. The second-order valence-corrected chi connectivity index (χ2v) is 4.85. The number of amides is 2. The van der Waals surface area contributed by atoms with Gasteiger partial charge in [-0.05, 0) is 43.5 Å². The Morgan fingerprint density at radius 2 is 2.15 bits per heavy atom. The van der Waals surface area contributed by atoms with Crippen LogP contribution in [0.2, 0.25) is 0 Å². The zero-order valence-corrected chi connectivity index (χ0v) is 11.6. The van der Waals surface area contributed by atoms with E-state index in [1.807, 2.05) is 19.1 Å². The SMILES string of the molecule is CCCOc1ccc(NC(=O)[C@H]2CCCNC2=O)cc1. The molecule has 1 heterocycles. The number of nitrogens with one attached hydrogen (secondary N) is 2. The van der Waals surface area contributed by atoms with Crippen molar-refractivity contribution in [2.75, 3.05) is 18.5 Å². The number of hydrogen-bond acceptors (Lipinski definition) is 3. The molecule has 0 aromatic heterocycles. The lowest BCUT2D eigenvalue weighted by Crippen LogP contribution is -2.42. The number of hydrogen-bond donors (Lipinski definition) is 2. The summed E-state index contributed by atoms with van der Waals surface area (Å²) >= 11 is 0. The smallest absolute Gasteiger partial charge is 0.236 e. The molecule has 2 N–H and O–H groups in total. The molecule has 0 aliphatic carbocycles. The molecule has 5 heteroatoms. The van der Waals surface area contributed by atoms with Crippen LogP contribution in [0.5, 0.6) is 5.75 Å². The summed E-state index contributed by atoms with van der Waals surface area (Å²) in [6.45, 7) is 3.38. The molecule has 1 aromatic rings. The number of carbonyl (C=O) groups is 2. The Morgan fingerprint density at radius 3 is 2.80 bits per heavy atom. The molecule has 1 aromatic carbocycles. The maximum Gasteiger partial charge on any atom is 0.236 e. The fraction of sp³-hybridized carbons (Fsp3) is 0.467. The van der Waals surface area contributed by atoms with Gasteiger partial charge < -0.3 is 15.4 Å². The highest BCUT2D eigenvalue weighted by Gasteiger charge is 2.28. The van der Waals surface area contributed by atoms with Crippen molar-refractivity contribution >= 4 is 17.5 Å². The maximum absolute atomic E-state index is 12.0. The summed E-state index contributed by atoms with van der Waals surface area (Å²) in [5.41, 5.74) is 0.678. The number of benzene rings is 1. The molecule has 1 fully saturated rings. The minimum Gasteiger partial charge on any atom is -0.494 e. The predicted octanol–water partition coefficient (Wildman–Crippen LogP) is 1.94. The molecule has 1 saturated heterocycles. The van der Waals surface area contributed by atoms with Gasteiger partial charge in [-0.2, -0.15) is 0 Å². The van der Waals surface area contributed by atoms with E-state index in [4.69, 9.17) is 4.74 Å². The zero-order chi connectivity index (χ0) is 14.4. The van der Waals surface area contributed by atoms with E-state index in [0.29, 0.717) is 25.3 Å². The number of anilines is 1. The van der Waals surface area contributed by atoms with Crippen molar-refractivity contribution in [3.63, 3.8) is 0 Å². The van der Waals surface area contributed by atoms with Crippen LogP contribution < -0.4 is 15.4 Å². The fourth-order valence-electron chi connectivity index (χ4n) is 2.11. The Balaban J connectivity index is 1.92. The van der Waals surface area contributed by atoms with Gasteiger partial charge in [0.25, 0.3) is 0 Å². The van der Waals surface area contributed by atoms with Gasteiger partial charge in [-0.15, -0.1) is 0 Å². The van der Waals surface area contributed by atoms with Crippen molar-refractivity contribution in [3.05, 3.63) is 24.3 Å². The van der Waals surface area contributed by atoms with E-state index in [9.17, 15) is 9.59 Å². The fourth-order valence-corrected chi connectivity index (χ4v) is 2.11. The van der Waals surface area contributed by atoms with Gasteiger partial charge >= 0.3 is 0 Å². The van der Waals surface area contributed by atoms with E-state index in [-0.39, 0.29) is 11.8 Å². The molecule has 1 aliphatic heterocycles. The first kappa shape index (κ1) is 14.4. The van der Waals surface area contributed by atoms with E-state index in [1.54, 1.807) is 12.1 Å². The van der Waals surface area contributed by atoms with E-state index in [1.165, 1.54) is 0 Å². The van der Waals surface area contributed by atoms with Crippen LogP contribution in [0.3, 0.4) is 0 Å². The van der Waals surface area contributed by atoms with E-state index < -0.39 is 5.92 Å². The highest BCUT2D eigenvalue weighted by atomic mass is 16.5. The van der Waals surface area contributed by atoms with Crippen LogP contribution in [0.15, 0.2) is 24.3 Å². The molecular weight excluding hydrogens is 256 g/mol. The molecule has 20 heavy (non-hydrogen) atoms. The largest absolute Gasteiger partial charge is 0.494 e. The van der Waals surface area contributed by atoms with Crippen LogP contribution in [0.25, 0.3) is 0 Å². The molecule has 0 radical (unpaired) electrons. The number of rotatable bonds is 5. The molecule has 2 amide bonds. The summed E-state index contributed by atoms with van der Waals surface area (Å²) in [6, 6.07) is 7.19. The Bertz CT molecular complexity index is 471. The first-order valence-corrected chi connectivity index (χ1v) is 7.02. The predicted molar refractivity (Wildman–Crippen MR) is 76.6 cm³/mol. The molecular formula is C15H20N2O3. The van der Waals surface area contributed by atoms with Gasteiger partial charge in [0.15, 0.2) is 0 Å². The van der Waals surface area contributed by atoms with Crippen LogP contribution in [-0.4, -0.2) is 25.0 Å². The third kappa shape index (κ3) is 3.73. The van der Waals surface area contributed by atoms with Gasteiger partial charge in [-0.3, -0.25) is 9.59 Å². The molecule has 0 spiro atoms. The summed E-state index contributed by atoms with van der Waals surface area (Å²) in [4.78, 5) is 23.6. The van der Waals surface area contributed by atoms with Crippen molar-refractivity contribution in [2.45, 2.75) is 26.2 Å². The van der Waals surface area contributed by atoms with Crippen LogP contribution >= 0.6 is 0 Å². The van der Waals surface area contributed by atoms with Gasteiger partial charge in [-0.25, -0.2) is 0 Å². The Hall–Kier alpha value is -2.04. The average Bonchev–Trinajstić information content (AvgIpc) is 2.47. The van der Waals surface area contributed by atoms with Crippen LogP contribution in [0.1, 0.15) is 26.2 Å². The third-order valence-electron chi connectivity index (χ3n) is 3.20. The molecule has 2 rings (SSSR count). The van der Waals surface area contributed by atoms with Crippen molar-refractivity contribution in [2.24, 2.45) is 5.92 Å². The van der Waals surface area contributed by atoms with Crippen LogP contribution in [0.4, 0.5) is 5.69 Å². The van der Waals surface area contributed by atoms with Crippen LogP contribution in [-0.2, 0) is 9.59 Å². The topological polar surface area (TPSA) is 67.4 Å². The quantitative estimate of drug-likeness (QED) is 0.808. The minimum absolute atomic E-state index is 0.184. The lowest BCUT2D eigenvalue weighted by Gasteiger charge is -2.21. The molecule has 1 atom stereocenters. The van der Waals surface area contributed by atoms with E-state index >= 15 is 0 Å². The Labute approximate surface area is 118 Å². The first-order chi connectivity index (χ1) is 9.70. The standard InChI is InChI=1S/C15H20N2O3/c1-2-10-20-12-7-5-11(6-8-12)17-15(19)13-4-3-9-16-14(13)18/h5-8,13H,2-4,9-10H2,1H3,(H,16,18)(H,17,19)/t13-/m0/s1. The van der Waals surface area contributed by atoms with Crippen molar-refractivity contribution < 1.29 is 14.3 Å². The first-order valence-electron chi connectivity index (χ1n) is 7.02. The van der Waals surface area contributed by atoms with Gasteiger partial charge in [-0.1, -0.05) is 6.92 Å². The van der Waals surface area contributed by atoms with E-state index in [2.05, 4.69) is 10.6 Å². The highest BCUT2D eigenvalue weighted by Crippen LogP contribution is 2.18. The van der Waals surface area contributed by atoms with Gasteiger partial charge in [0.2, 0.25) is 11.8 Å². The summed E-state index contributed by atoms with van der Waals surface area (Å²) in [5, 5.41) is 5.48. The normalized spacial score (nSPS) is 18.2. The summed E-state index contributed by atoms with van der Waals surface area (Å²) in [7, 11) is 0. The molecule has 1 aliphatic rings. The molecule has 0 bridgehead atoms. The minimum atomic E-state index is -0.584. The third-order valence-corrected chi connectivity index (χ3v) is 3.20. The van der Waals surface area contributed by atoms with Gasteiger partial charge in [0.05, 0.1) is 6.61 Å². The number of piperidine rings is 1. The van der Waals surface area contributed by atoms with Crippen LogP contribution in [0, 0.1) is 5.92 Å². The van der Waals surface area contributed by atoms with Crippen molar-refractivity contribution in [1.82, 2.24) is 5.32 Å². The monoisotopic (exact) mass is 276 g/mol. The number of ether oxygens (including phenoxy) is 1.